The Labute approximate surface area is 160 Å². The number of guanidine groups is 1. The third-order valence-electron chi connectivity index (χ3n) is 2.78. The number of aliphatic imine (C=N–C) groups is 1. The van der Waals surface area contributed by atoms with Crippen LogP contribution in [0.15, 0.2) is 29.3 Å². The topological polar surface area (TPSA) is 74.8 Å². The van der Waals surface area contributed by atoms with Gasteiger partial charge in [0.1, 0.15) is 6.54 Å². The number of rotatable bonds is 8. The molecule has 24 heavy (non-hydrogen) atoms. The molecule has 0 heterocycles. The lowest BCUT2D eigenvalue weighted by Crippen LogP contribution is -2.39. The van der Waals surface area contributed by atoms with E-state index in [1.807, 2.05) is 13.8 Å². The fourth-order valence-electron chi connectivity index (χ4n) is 1.77. The van der Waals surface area contributed by atoms with Gasteiger partial charge in [-0.25, -0.2) is 4.99 Å². The van der Waals surface area contributed by atoms with E-state index in [2.05, 4.69) is 26.9 Å². The van der Waals surface area contributed by atoms with Gasteiger partial charge in [0.2, 0.25) is 5.91 Å². The van der Waals surface area contributed by atoms with Crippen molar-refractivity contribution in [2.24, 2.45) is 4.99 Å². The number of hydrogen-bond acceptors (Lipinski definition) is 3. The van der Waals surface area contributed by atoms with Crippen LogP contribution in [-0.4, -0.2) is 44.7 Å². The van der Waals surface area contributed by atoms with Crippen LogP contribution in [0.1, 0.15) is 19.4 Å². The summed E-state index contributed by atoms with van der Waals surface area (Å²) in [4.78, 5) is 16.2. The fourth-order valence-corrected chi connectivity index (χ4v) is 1.77. The van der Waals surface area contributed by atoms with E-state index in [4.69, 9.17) is 11.2 Å². The molecule has 0 atom stereocenters. The van der Waals surface area contributed by atoms with Gasteiger partial charge in [-0.15, -0.1) is 30.4 Å². The monoisotopic (exact) mass is 444 g/mol. The van der Waals surface area contributed by atoms with Gasteiger partial charge in [0, 0.05) is 30.9 Å². The molecule has 1 rings (SSSR count). The van der Waals surface area contributed by atoms with Crippen molar-refractivity contribution in [3.8, 4) is 12.3 Å². The third-order valence-corrected chi connectivity index (χ3v) is 2.78. The van der Waals surface area contributed by atoms with Crippen LogP contribution in [0.25, 0.3) is 0 Å². The van der Waals surface area contributed by atoms with Crippen LogP contribution < -0.4 is 16.0 Å². The van der Waals surface area contributed by atoms with Gasteiger partial charge < -0.3 is 20.7 Å². The first-order chi connectivity index (χ1) is 11.2. The van der Waals surface area contributed by atoms with E-state index in [0.29, 0.717) is 38.0 Å². The summed E-state index contributed by atoms with van der Waals surface area (Å²) in [5, 5.41) is 8.94. The normalized spacial score (nSPS) is 10.3. The van der Waals surface area contributed by atoms with Gasteiger partial charge in [-0.1, -0.05) is 12.0 Å². The van der Waals surface area contributed by atoms with Crippen molar-refractivity contribution in [1.29, 1.82) is 0 Å². The molecule has 0 radical (unpaired) electrons. The molecule has 0 aliphatic carbocycles. The van der Waals surface area contributed by atoms with Crippen LogP contribution in [-0.2, 0) is 9.53 Å². The molecule has 0 fully saturated rings. The van der Waals surface area contributed by atoms with Gasteiger partial charge in [0.25, 0.3) is 0 Å². The van der Waals surface area contributed by atoms with Gasteiger partial charge in [0.05, 0.1) is 6.61 Å². The van der Waals surface area contributed by atoms with Crippen LogP contribution in [0.5, 0.6) is 0 Å². The lowest BCUT2D eigenvalue weighted by Gasteiger charge is -2.11. The summed E-state index contributed by atoms with van der Waals surface area (Å²) in [5.41, 5.74) is 1.38. The van der Waals surface area contributed by atoms with Crippen LogP contribution in [0.3, 0.4) is 0 Å². The highest BCUT2D eigenvalue weighted by Crippen LogP contribution is 2.09. The first-order valence-electron chi connectivity index (χ1n) is 7.66. The predicted molar refractivity (Wildman–Crippen MR) is 109 cm³/mol. The minimum absolute atomic E-state index is 0. The summed E-state index contributed by atoms with van der Waals surface area (Å²) < 4.78 is 5.25. The van der Waals surface area contributed by atoms with Crippen LogP contribution in [0, 0.1) is 12.3 Å². The van der Waals surface area contributed by atoms with E-state index >= 15 is 0 Å². The number of amides is 1. The molecule has 0 aliphatic rings. The zero-order valence-corrected chi connectivity index (χ0v) is 16.4. The van der Waals surface area contributed by atoms with Gasteiger partial charge in [-0.05, 0) is 32.0 Å². The number of halogens is 1. The van der Waals surface area contributed by atoms with E-state index < -0.39 is 0 Å². The Morgan fingerprint density at radius 2 is 2.12 bits per heavy atom. The molecule has 1 amide bonds. The van der Waals surface area contributed by atoms with Gasteiger partial charge >= 0.3 is 0 Å². The van der Waals surface area contributed by atoms with Crippen molar-refractivity contribution in [1.82, 2.24) is 10.6 Å². The zero-order valence-electron chi connectivity index (χ0n) is 14.1. The van der Waals surface area contributed by atoms with E-state index in [9.17, 15) is 4.79 Å². The molecule has 0 bridgehead atoms. The van der Waals surface area contributed by atoms with Gasteiger partial charge in [-0.3, -0.25) is 4.79 Å². The Morgan fingerprint density at radius 3 is 2.79 bits per heavy atom. The second-order valence-electron chi connectivity index (χ2n) is 4.59. The largest absolute Gasteiger partial charge is 0.380 e. The number of terminal acetylenes is 1. The summed E-state index contributed by atoms with van der Waals surface area (Å²) in [5.74, 6) is 2.91. The lowest BCUT2D eigenvalue weighted by molar-refractivity contribution is -0.114. The second-order valence-corrected chi connectivity index (χ2v) is 4.59. The molecule has 0 saturated carbocycles. The van der Waals surface area contributed by atoms with Crippen molar-refractivity contribution in [2.75, 3.05) is 38.2 Å². The highest BCUT2D eigenvalue weighted by molar-refractivity contribution is 14.0. The number of ether oxygens (including phenoxy) is 1. The summed E-state index contributed by atoms with van der Waals surface area (Å²) in [6.07, 6.45) is 5.34. The van der Waals surface area contributed by atoms with E-state index in [1.54, 1.807) is 24.3 Å². The first-order valence-corrected chi connectivity index (χ1v) is 7.66. The standard InChI is InChI=1S/C17H24N4O2.HI/c1-4-14-8-7-9-15(12-14)21-16(22)13-20-17(18-5-2)19-10-11-23-6-3;/h1,7-9,12H,5-6,10-11,13H2,2-3H3,(H,21,22)(H2,18,19,20);1H. The second kappa shape index (κ2) is 13.6. The number of benzene rings is 1. The molecule has 0 aromatic heterocycles. The molecule has 3 N–H and O–H groups in total. The van der Waals surface area contributed by atoms with Gasteiger partial charge in [-0.2, -0.15) is 0 Å². The van der Waals surface area contributed by atoms with Crippen molar-refractivity contribution >= 4 is 41.5 Å². The van der Waals surface area contributed by atoms with Crippen molar-refractivity contribution in [3.05, 3.63) is 29.8 Å². The number of nitrogens with one attached hydrogen (secondary N) is 3. The Morgan fingerprint density at radius 1 is 1.33 bits per heavy atom. The quantitative estimate of drug-likeness (QED) is 0.188. The highest BCUT2D eigenvalue weighted by Gasteiger charge is 2.03. The van der Waals surface area contributed by atoms with Crippen molar-refractivity contribution in [3.63, 3.8) is 0 Å². The number of anilines is 1. The van der Waals surface area contributed by atoms with Gasteiger partial charge in [0.15, 0.2) is 5.96 Å². The molecule has 0 spiro atoms. The maximum absolute atomic E-state index is 11.9. The lowest BCUT2D eigenvalue weighted by atomic mass is 10.2. The minimum atomic E-state index is -0.207. The number of carbonyl (C=O) groups is 1. The summed E-state index contributed by atoms with van der Waals surface area (Å²) in [6, 6.07) is 7.13. The van der Waals surface area contributed by atoms with Crippen molar-refractivity contribution in [2.45, 2.75) is 13.8 Å². The zero-order chi connectivity index (χ0) is 16.9. The number of hydrogen-bond donors (Lipinski definition) is 3. The average molecular weight is 444 g/mol. The smallest absolute Gasteiger partial charge is 0.246 e. The Kier molecular flexibility index (Phi) is 12.6. The van der Waals surface area contributed by atoms with Crippen LogP contribution in [0.4, 0.5) is 5.69 Å². The number of nitrogens with zero attached hydrogens (tertiary/aromatic N) is 1. The summed E-state index contributed by atoms with van der Waals surface area (Å²) >= 11 is 0. The van der Waals surface area contributed by atoms with Crippen LogP contribution >= 0.6 is 24.0 Å². The Hall–Kier alpha value is -1.79. The highest BCUT2D eigenvalue weighted by atomic mass is 127. The molecular weight excluding hydrogens is 419 g/mol. The molecule has 0 saturated heterocycles. The van der Waals surface area contributed by atoms with Crippen LogP contribution in [0.2, 0.25) is 0 Å². The molecule has 1 aromatic carbocycles. The SMILES string of the molecule is C#Cc1cccc(NC(=O)CN=C(NCC)NCCOCC)c1.I. The minimum Gasteiger partial charge on any atom is -0.380 e. The molecule has 1 aromatic rings. The summed E-state index contributed by atoms with van der Waals surface area (Å²) in [7, 11) is 0. The van der Waals surface area contributed by atoms with E-state index in [0.717, 1.165) is 5.56 Å². The Bertz CT molecular complexity index is 570. The summed E-state index contributed by atoms with van der Waals surface area (Å²) in [6.45, 7) is 6.53. The predicted octanol–water partition coefficient (Wildman–Crippen LogP) is 1.82. The van der Waals surface area contributed by atoms with E-state index in [1.165, 1.54) is 0 Å². The fraction of sp³-hybridized carbons (Fsp3) is 0.412. The molecule has 6 nitrogen and oxygen atoms in total. The Balaban J connectivity index is 0.00000529. The maximum Gasteiger partial charge on any atom is 0.246 e. The molecule has 0 unspecified atom stereocenters. The maximum atomic E-state index is 11.9. The molecule has 0 aliphatic heterocycles. The molecule has 132 valence electrons. The average Bonchev–Trinajstić information content (AvgIpc) is 2.56. The molecule has 7 heteroatoms. The molecular formula is C17H25IN4O2. The third kappa shape index (κ3) is 9.37. The van der Waals surface area contributed by atoms with E-state index in [-0.39, 0.29) is 36.4 Å². The first kappa shape index (κ1) is 22.2. The number of carbonyl (C=O) groups excluding carboxylic acids is 1. The van der Waals surface area contributed by atoms with Crippen molar-refractivity contribution < 1.29 is 9.53 Å².